The van der Waals surface area contributed by atoms with E-state index >= 15 is 0 Å². The van der Waals surface area contributed by atoms with Gasteiger partial charge in [-0.05, 0) is 0 Å². The van der Waals surface area contributed by atoms with Gasteiger partial charge in [0, 0.05) is 11.3 Å². The van der Waals surface area contributed by atoms with Crippen molar-refractivity contribution in [2.24, 2.45) is 5.73 Å². The van der Waals surface area contributed by atoms with Gasteiger partial charge in [0.15, 0.2) is 0 Å². The zero-order valence-electron chi connectivity index (χ0n) is 7.20. The number of nitrogens with two attached hydrogens (primary N) is 1. The maximum atomic E-state index is 10.5. The number of aromatic nitrogens is 1. The van der Waals surface area contributed by atoms with Crippen molar-refractivity contribution < 1.29 is 4.79 Å². The summed E-state index contributed by atoms with van der Waals surface area (Å²) in [5.41, 5.74) is 5.82. The lowest BCUT2D eigenvalue weighted by Crippen LogP contribution is -2.13. The van der Waals surface area contributed by atoms with Gasteiger partial charge in [-0.25, -0.2) is 4.98 Å². The molecule has 3 nitrogen and oxygen atoms in total. The summed E-state index contributed by atoms with van der Waals surface area (Å²) in [4.78, 5) is 14.8. The minimum atomic E-state index is -0.324. The number of amides is 1. The molecular formula is C8H12N2OS. The number of thiazole rings is 1. The van der Waals surface area contributed by atoms with Crippen LogP contribution in [0.2, 0.25) is 0 Å². The topological polar surface area (TPSA) is 56.0 Å². The minimum Gasteiger partial charge on any atom is -0.369 e. The molecule has 1 aromatic rings. The molecule has 0 aliphatic carbocycles. The molecule has 1 amide bonds. The summed E-state index contributed by atoms with van der Waals surface area (Å²) in [7, 11) is 0. The third-order valence-corrected chi connectivity index (χ3v) is 2.61. The number of rotatable bonds is 3. The summed E-state index contributed by atoms with van der Waals surface area (Å²) in [6.45, 7) is 4.15. The second kappa shape index (κ2) is 3.67. The summed E-state index contributed by atoms with van der Waals surface area (Å²) < 4.78 is 0. The fourth-order valence-electron chi connectivity index (χ4n) is 0.848. The zero-order chi connectivity index (χ0) is 9.14. The second-order valence-electron chi connectivity index (χ2n) is 2.97. The fraction of sp³-hybridized carbons (Fsp3) is 0.500. The predicted octanol–water partition coefficient (Wildman–Crippen LogP) is 1.29. The monoisotopic (exact) mass is 184 g/mol. The molecule has 0 aliphatic rings. The molecule has 1 heterocycles. The number of carbonyl (C=O) groups excluding carboxylic acids is 1. The lowest BCUT2D eigenvalue weighted by Gasteiger charge is -1.95. The van der Waals surface area contributed by atoms with Crippen LogP contribution in [0.15, 0.2) is 5.38 Å². The zero-order valence-corrected chi connectivity index (χ0v) is 8.02. The Morgan fingerprint density at radius 2 is 2.42 bits per heavy atom. The third-order valence-electron chi connectivity index (χ3n) is 1.42. The Kier molecular flexibility index (Phi) is 2.81. The standard InChI is InChI=1S/C8H12N2OS/c1-5(2)8-10-6(4-12-8)3-7(9)11/h4-5H,3H2,1-2H3,(H2,9,11). The Morgan fingerprint density at radius 1 is 1.75 bits per heavy atom. The minimum absolute atomic E-state index is 0.253. The summed E-state index contributed by atoms with van der Waals surface area (Å²) in [6, 6.07) is 0. The van der Waals surface area contributed by atoms with E-state index in [1.54, 1.807) is 11.3 Å². The Morgan fingerprint density at radius 3 is 2.83 bits per heavy atom. The van der Waals surface area contributed by atoms with Gasteiger partial charge in [-0.2, -0.15) is 0 Å². The van der Waals surface area contributed by atoms with E-state index in [9.17, 15) is 4.79 Å². The van der Waals surface area contributed by atoms with Crippen LogP contribution in [0.3, 0.4) is 0 Å². The van der Waals surface area contributed by atoms with Gasteiger partial charge < -0.3 is 5.73 Å². The van der Waals surface area contributed by atoms with Crippen LogP contribution in [0, 0.1) is 0 Å². The molecule has 0 spiro atoms. The van der Waals surface area contributed by atoms with Gasteiger partial charge in [-0.1, -0.05) is 13.8 Å². The van der Waals surface area contributed by atoms with E-state index in [2.05, 4.69) is 18.8 Å². The highest BCUT2D eigenvalue weighted by Gasteiger charge is 2.06. The molecule has 2 N–H and O–H groups in total. The summed E-state index contributed by atoms with van der Waals surface area (Å²) in [5.74, 6) is 0.104. The maximum absolute atomic E-state index is 10.5. The lowest BCUT2D eigenvalue weighted by molar-refractivity contribution is -0.117. The first-order chi connectivity index (χ1) is 5.59. The van der Waals surface area contributed by atoms with E-state index < -0.39 is 0 Å². The van der Waals surface area contributed by atoms with Crippen LogP contribution in [0.4, 0.5) is 0 Å². The molecule has 0 radical (unpaired) electrons. The van der Waals surface area contributed by atoms with Gasteiger partial charge in [0.25, 0.3) is 0 Å². The van der Waals surface area contributed by atoms with Gasteiger partial charge in [0.05, 0.1) is 17.1 Å². The smallest absolute Gasteiger partial charge is 0.223 e. The van der Waals surface area contributed by atoms with Gasteiger partial charge >= 0.3 is 0 Å². The van der Waals surface area contributed by atoms with Crippen molar-refractivity contribution in [2.45, 2.75) is 26.2 Å². The highest BCUT2D eigenvalue weighted by molar-refractivity contribution is 7.09. The van der Waals surface area contributed by atoms with Crippen molar-refractivity contribution in [3.8, 4) is 0 Å². The van der Waals surface area contributed by atoms with E-state index in [1.807, 2.05) is 5.38 Å². The molecule has 0 bridgehead atoms. The molecule has 0 aliphatic heterocycles. The number of carbonyl (C=O) groups is 1. The van der Waals surface area contributed by atoms with E-state index in [0.29, 0.717) is 5.92 Å². The van der Waals surface area contributed by atoms with Crippen LogP contribution in [-0.4, -0.2) is 10.9 Å². The number of hydrogen-bond donors (Lipinski definition) is 1. The predicted molar refractivity (Wildman–Crippen MR) is 49.1 cm³/mol. The Balaban J connectivity index is 2.70. The van der Waals surface area contributed by atoms with Crippen LogP contribution in [0.1, 0.15) is 30.5 Å². The number of primary amides is 1. The normalized spacial score (nSPS) is 10.6. The first kappa shape index (κ1) is 9.19. The van der Waals surface area contributed by atoms with E-state index in [1.165, 1.54) is 0 Å². The SMILES string of the molecule is CC(C)c1nc(CC(N)=O)cs1. The van der Waals surface area contributed by atoms with Crippen molar-refractivity contribution in [3.63, 3.8) is 0 Å². The molecule has 0 atom stereocenters. The van der Waals surface area contributed by atoms with E-state index in [0.717, 1.165) is 10.7 Å². The van der Waals surface area contributed by atoms with E-state index in [-0.39, 0.29) is 12.3 Å². The van der Waals surface area contributed by atoms with Crippen molar-refractivity contribution >= 4 is 17.2 Å². The average molecular weight is 184 g/mol. The molecule has 12 heavy (non-hydrogen) atoms. The lowest BCUT2D eigenvalue weighted by atomic mass is 10.2. The molecule has 0 saturated heterocycles. The number of hydrogen-bond acceptors (Lipinski definition) is 3. The maximum Gasteiger partial charge on any atom is 0.223 e. The molecule has 4 heteroatoms. The summed E-state index contributed by atoms with van der Waals surface area (Å²) >= 11 is 1.58. The van der Waals surface area contributed by atoms with Crippen LogP contribution >= 0.6 is 11.3 Å². The van der Waals surface area contributed by atoms with Gasteiger partial charge in [-0.15, -0.1) is 11.3 Å². The highest BCUT2D eigenvalue weighted by atomic mass is 32.1. The second-order valence-corrected chi connectivity index (χ2v) is 3.86. The van der Waals surface area contributed by atoms with Crippen molar-refractivity contribution in [3.05, 3.63) is 16.1 Å². The Hall–Kier alpha value is -0.900. The quantitative estimate of drug-likeness (QED) is 0.769. The van der Waals surface area contributed by atoms with Crippen LogP contribution in [0.5, 0.6) is 0 Å². The fourth-order valence-corrected chi connectivity index (χ4v) is 1.68. The molecule has 1 rings (SSSR count). The summed E-state index contributed by atoms with van der Waals surface area (Å²) in [5, 5.41) is 2.95. The molecule has 0 unspecified atom stereocenters. The van der Waals surface area contributed by atoms with Crippen molar-refractivity contribution in [2.75, 3.05) is 0 Å². The largest absolute Gasteiger partial charge is 0.369 e. The van der Waals surface area contributed by atoms with Crippen LogP contribution < -0.4 is 5.73 Å². The molecule has 0 saturated carbocycles. The molecule has 1 aromatic heterocycles. The van der Waals surface area contributed by atoms with Crippen LogP contribution in [0.25, 0.3) is 0 Å². The van der Waals surface area contributed by atoms with Gasteiger partial charge in [0.1, 0.15) is 0 Å². The van der Waals surface area contributed by atoms with Gasteiger partial charge in [-0.3, -0.25) is 4.79 Å². The Labute approximate surface area is 75.6 Å². The molecule has 0 fully saturated rings. The Bertz CT molecular complexity index is 280. The highest BCUT2D eigenvalue weighted by Crippen LogP contribution is 2.19. The molecular weight excluding hydrogens is 172 g/mol. The molecule has 0 aromatic carbocycles. The molecule has 66 valence electrons. The van der Waals surface area contributed by atoms with Crippen molar-refractivity contribution in [1.29, 1.82) is 0 Å². The average Bonchev–Trinajstić information content (AvgIpc) is 2.34. The summed E-state index contributed by atoms with van der Waals surface area (Å²) in [6.07, 6.45) is 0.253. The number of nitrogens with zero attached hydrogens (tertiary/aromatic N) is 1. The van der Waals surface area contributed by atoms with Gasteiger partial charge in [0.2, 0.25) is 5.91 Å². The van der Waals surface area contributed by atoms with Crippen LogP contribution in [-0.2, 0) is 11.2 Å². The first-order valence-corrected chi connectivity index (χ1v) is 4.70. The third kappa shape index (κ3) is 2.30. The first-order valence-electron chi connectivity index (χ1n) is 3.82. The van der Waals surface area contributed by atoms with Crippen molar-refractivity contribution in [1.82, 2.24) is 4.98 Å². The van der Waals surface area contributed by atoms with E-state index in [4.69, 9.17) is 5.73 Å².